The van der Waals surface area contributed by atoms with Gasteiger partial charge in [0.1, 0.15) is 11.7 Å². The van der Waals surface area contributed by atoms with Gasteiger partial charge in [-0.25, -0.2) is 4.79 Å². The monoisotopic (exact) mass is 376 g/mol. The van der Waals surface area contributed by atoms with E-state index in [1.54, 1.807) is 20.8 Å². The third kappa shape index (κ3) is 5.50. The van der Waals surface area contributed by atoms with Crippen molar-refractivity contribution < 1.29 is 32.9 Å². The van der Waals surface area contributed by atoms with Gasteiger partial charge in [0.15, 0.2) is 11.4 Å². The predicted molar refractivity (Wildman–Crippen MR) is 87.9 cm³/mol. The second kappa shape index (κ2) is 7.71. The zero-order chi connectivity index (χ0) is 19.5. The molecule has 6 nitrogen and oxygen atoms in total. The number of benzene rings is 1. The average molecular weight is 376 g/mol. The molecule has 1 aliphatic heterocycles. The maximum Gasteiger partial charge on any atom is 0.416 e. The van der Waals surface area contributed by atoms with Crippen LogP contribution in [0.25, 0.3) is 0 Å². The largest absolute Gasteiger partial charge is 0.630 e. The van der Waals surface area contributed by atoms with E-state index in [0.29, 0.717) is 24.9 Å². The van der Waals surface area contributed by atoms with Gasteiger partial charge in [-0.15, -0.1) is 0 Å². The Bertz CT molecular complexity index is 644. The van der Waals surface area contributed by atoms with Crippen molar-refractivity contribution >= 4 is 11.8 Å². The SMILES string of the molecule is CC(C)(C)OC(=O)N1CCC[C@H](Oc2cc(C(F)(F)F)ccc2[NH2+][O-])C1. The normalized spacial score (nSPS) is 18.6. The van der Waals surface area contributed by atoms with Gasteiger partial charge in [-0.1, -0.05) is 0 Å². The van der Waals surface area contributed by atoms with Crippen LogP contribution in [0.1, 0.15) is 39.2 Å². The van der Waals surface area contributed by atoms with Gasteiger partial charge in [-0.2, -0.15) is 13.2 Å². The average Bonchev–Trinajstić information content (AvgIpc) is 2.52. The number of hydrogen-bond acceptors (Lipinski definition) is 4. The minimum atomic E-state index is -4.53. The van der Waals surface area contributed by atoms with Crippen molar-refractivity contribution in [2.45, 2.75) is 51.5 Å². The molecule has 1 saturated heterocycles. The molecule has 1 heterocycles. The highest BCUT2D eigenvalue weighted by Crippen LogP contribution is 2.34. The van der Waals surface area contributed by atoms with Crippen molar-refractivity contribution in [2.24, 2.45) is 0 Å². The molecule has 1 fully saturated rings. The van der Waals surface area contributed by atoms with E-state index in [9.17, 15) is 23.2 Å². The molecule has 2 N–H and O–H groups in total. The fraction of sp³-hybridized carbons (Fsp3) is 0.588. The van der Waals surface area contributed by atoms with E-state index < -0.39 is 29.5 Å². The smallest absolute Gasteiger partial charge is 0.416 e. The molecule has 0 unspecified atom stereocenters. The Labute approximate surface area is 149 Å². The van der Waals surface area contributed by atoms with Crippen LogP contribution < -0.4 is 10.2 Å². The first-order valence-corrected chi connectivity index (χ1v) is 8.30. The van der Waals surface area contributed by atoms with Crippen LogP contribution in [0.2, 0.25) is 0 Å². The quantitative estimate of drug-likeness (QED) is 0.649. The fourth-order valence-corrected chi connectivity index (χ4v) is 2.62. The molecule has 0 spiro atoms. The Hall–Kier alpha value is -2.00. The maximum atomic E-state index is 12.9. The lowest BCUT2D eigenvalue weighted by Gasteiger charge is -2.34. The van der Waals surface area contributed by atoms with Crippen molar-refractivity contribution in [3.63, 3.8) is 0 Å². The molecule has 9 heteroatoms. The Kier molecular flexibility index (Phi) is 6.02. The molecular formula is C17H23F3N2O4. The second-order valence-corrected chi connectivity index (χ2v) is 7.18. The van der Waals surface area contributed by atoms with Gasteiger partial charge in [-0.05, 0) is 45.7 Å². The van der Waals surface area contributed by atoms with E-state index in [0.717, 1.165) is 18.2 Å². The van der Waals surface area contributed by atoms with Crippen LogP contribution >= 0.6 is 0 Å². The highest BCUT2D eigenvalue weighted by Gasteiger charge is 2.33. The molecule has 1 aliphatic rings. The Morgan fingerprint density at radius 3 is 2.58 bits per heavy atom. The van der Waals surface area contributed by atoms with E-state index >= 15 is 0 Å². The summed E-state index contributed by atoms with van der Waals surface area (Å²) in [6, 6.07) is 2.74. The van der Waals surface area contributed by atoms with E-state index in [1.165, 1.54) is 4.90 Å². The first-order chi connectivity index (χ1) is 12.0. The maximum absolute atomic E-state index is 12.9. The number of quaternary nitrogens is 1. The summed E-state index contributed by atoms with van der Waals surface area (Å²) in [4.78, 5) is 13.6. The Balaban J connectivity index is 2.11. The molecule has 0 bridgehead atoms. The topological polar surface area (TPSA) is 78.4 Å². The number of amides is 1. The van der Waals surface area contributed by atoms with Crippen LogP contribution in [0.5, 0.6) is 5.75 Å². The highest BCUT2D eigenvalue weighted by atomic mass is 19.4. The molecule has 0 aromatic heterocycles. The van der Waals surface area contributed by atoms with Crippen LogP contribution in [0.3, 0.4) is 0 Å². The van der Waals surface area contributed by atoms with E-state index in [1.807, 2.05) is 0 Å². The molecule has 2 rings (SSSR count). The van der Waals surface area contributed by atoms with Crippen molar-refractivity contribution in [3.8, 4) is 5.75 Å². The molecule has 0 radical (unpaired) electrons. The number of rotatable bonds is 3. The van der Waals surface area contributed by atoms with Crippen LogP contribution in [-0.2, 0) is 10.9 Å². The first-order valence-electron chi connectivity index (χ1n) is 8.30. The van der Waals surface area contributed by atoms with E-state index in [2.05, 4.69) is 0 Å². The first kappa shape index (κ1) is 20.3. The number of nitrogens with zero attached hydrogens (tertiary/aromatic N) is 1. The second-order valence-electron chi connectivity index (χ2n) is 7.18. The lowest BCUT2D eigenvalue weighted by atomic mass is 10.1. The van der Waals surface area contributed by atoms with Gasteiger partial charge in [0.25, 0.3) is 0 Å². The molecule has 0 saturated carbocycles. The Morgan fingerprint density at radius 1 is 1.31 bits per heavy atom. The fourth-order valence-electron chi connectivity index (χ4n) is 2.62. The molecular weight excluding hydrogens is 353 g/mol. The number of nitrogens with two attached hydrogens (primary N) is 1. The van der Waals surface area contributed by atoms with Crippen molar-refractivity contribution in [3.05, 3.63) is 29.0 Å². The van der Waals surface area contributed by atoms with E-state index in [-0.39, 0.29) is 18.0 Å². The molecule has 26 heavy (non-hydrogen) atoms. The van der Waals surface area contributed by atoms with Crippen molar-refractivity contribution in [1.29, 1.82) is 0 Å². The van der Waals surface area contributed by atoms with Crippen LogP contribution in [0.15, 0.2) is 18.2 Å². The number of halogens is 3. The van der Waals surface area contributed by atoms with Crippen LogP contribution in [-0.4, -0.2) is 35.8 Å². The minimum Gasteiger partial charge on any atom is -0.630 e. The number of ether oxygens (including phenoxy) is 2. The highest BCUT2D eigenvalue weighted by molar-refractivity contribution is 5.68. The Morgan fingerprint density at radius 2 is 2.00 bits per heavy atom. The third-order valence-corrected chi connectivity index (χ3v) is 3.79. The summed E-state index contributed by atoms with van der Waals surface area (Å²) in [6.07, 6.45) is -4.36. The number of carbonyl (C=O) groups excluding carboxylic acids is 1. The summed E-state index contributed by atoms with van der Waals surface area (Å²) in [5.41, 5.74) is -1.05. The number of piperidine rings is 1. The molecule has 146 valence electrons. The van der Waals surface area contributed by atoms with Gasteiger partial charge in [0, 0.05) is 12.6 Å². The lowest BCUT2D eigenvalue weighted by Crippen LogP contribution is -2.70. The summed E-state index contributed by atoms with van der Waals surface area (Å²) < 4.78 is 49.6. The zero-order valence-electron chi connectivity index (χ0n) is 14.9. The van der Waals surface area contributed by atoms with Crippen LogP contribution in [0, 0.1) is 5.21 Å². The van der Waals surface area contributed by atoms with Gasteiger partial charge >= 0.3 is 12.3 Å². The molecule has 0 aliphatic carbocycles. The standard InChI is InChI=1S/C17H23F3N2O4/c1-16(2,3)26-15(23)22-8-4-5-12(10-22)25-14-9-11(17(18,19)20)6-7-13(14)21-24/h6-7,9,12H,4-5,8,10,21H2,1-3H3/t12-/m0/s1. The minimum absolute atomic E-state index is 0.0346. The molecule has 1 amide bonds. The summed E-state index contributed by atoms with van der Waals surface area (Å²) in [6.45, 7) is 5.92. The molecule has 1 aromatic carbocycles. The van der Waals surface area contributed by atoms with Gasteiger partial charge < -0.3 is 25.1 Å². The lowest BCUT2D eigenvalue weighted by molar-refractivity contribution is -0.498. The summed E-state index contributed by atoms with van der Waals surface area (Å²) in [5, 5.41) is 11.1. The summed E-state index contributed by atoms with van der Waals surface area (Å²) in [7, 11) is 0. The number of carbonyl (C=O) groups is 1. The molecule has 1 aromatic rings. The number of likely N-dealkylation sites (tertiary alicyclic amines) is 1. The predicted octanol–water partition coefficient (Wildman–Crippen LogP) is 3.18. The van der Waals surface area contributed by atoms with Crippen molar-refractivity contribution in [2.75, 3.05) is 13.1 Å². The van der Waals surface area contributed by atoms with Gasteiger partial charge in [0.05, 0.1) is 12.1 Å². The molecule has 1 atom stereocenters. The zero-order valence-corrected chi connectivity index (χ0v) is 14.9. The number of alkyl halides is 3. The van der Waals surface area contributed by atoms with Gasteiger partial charge in [-0.3, -0.25) is 0 Å². The van der Waals surface area contributed by atoms with Gasteiger partial charge in [0.2, 0.25) is 0 Å². The summed E-state index contributed by atoms with van der Waals surface area (Å²) in [5.74, 6) is -0.133. The number of hydrogen-bond donors (Lipinski definition) is 1. The van der Waals surface area contributed by atoms with Crippen LogP contribution in [0.4, 0.5) is 23.7 Å². The van der Waals surface area contributed by atoms with Crippen molar-refractivity contribution in [1.82, 2.24) is 4.90 Å². The summed E-state index contributed by atoms with van der Waals surface area (Å²) >= 11 is 0. The van der Waals surface area contributed by atoms with E-state index in [4.69, 9.17) is 9.47 Å². The third-order valence-electron chi connectivity index (χ3n) is 3.79.